The predicted octanol–water partition coefficient (Wildman–Crippen LogP) is 4.28. The van der Waals surface area contributed by atoms with Crippen molar-refractivity contribution in [2.45, 2.75) is 32.8 Å². The quantitative estimate of drug-likeness (QED) is 0.654. The molecule has 1 atom stereocenters. The van der Waals surface area contributed by atoms with Gasteiger partial charge in [0.05, 0.1) is 0 Å². The molecule has 0 bridgehead atoms. The van der Waals surface area contributed by atoms with Crippen LogP contribution in [0, 0.1) is 5.92 Å². The molecule has 1 aromatic carbocycles. The lowest BCUT2D eigenvalue weighted by molar-refractivity contribution is 0.0444. The highest BCUT2D eigenvalue weighted by atomic mass is 32.1. The molecule has 6 heteroatoms. The number of aryl methyl sites for hydroxylation is 1. The Balaban J connectivity index is 1.40. The molecule has 5 nitrogen and oxygen atoms in total. The van der Waals surface area contributed by atoms with Crippen LogP contribution in [0.5, 0.6) is 0 Å². The van der Waals surface area contributed by atoms with Crippen molar-refractivity contribution < 1.29 is 13.9 Å². The summed E-state index contributed by atoms with van der Waals surface area (Å²) in [6, 6.07) is 11.5. The second kappa shape index (κ2) is 6.80. The van der Waals surface area contributed by atoms with Crippen LogP contribution in [0.15, 0.2) is 40.8 Å². The Labute approximate surface area is 149 Å². The van der Waals surface area contributed by atoms with Gasteiger partial charge in [-0.2, -0.15) is 0 Å². The second-order valence-corrected chi connectivity index (χ2v) is 7.49. The number of ether oxygens (including phenoxy) is 1. The summed E-state index contributed by atoms with van der Waals surface area (Å²) in [5.41, 5.74) is 2.13. The fraction of sp³-hybridized carbons (Fsp3) is 0.316. The summed E-state index contributed by atoms with van der Waals surface area (Å²) in [4.78, 5) is 14.3. The van der Waals surface area contributed by atoms with Crippen LogP contribution >= 0.6 is 11.3 Å². The van der Waals surface area contributed by atoms with Crippen molar-refractivity contribution in [2.24, 2.45) is 5.92 Å². The maximum absolute atomic E-state index is 12.3. The van der Waals surface area contributed by atoms with Crippen molar-refractivity contribution in [1.82, 2.24) is 10.2 Å². The van der Waals surface area contributed by atoms with Crippen molar-refractivity contribution in [3.63, 3.8) is 0 Å². The third kappa shape index (κ3) is 3.49. The van der Waals surface area contributed by atoms with Gasteiger partial charge < -0.3 is 9.15 Å². The first kappa shape index (κ1) is 16.0. The van der Waals surface area contributed by atoms with Gasteiger partial charge in [-0.15, -0.1) is 21.5 Å². The molecule has 1 aliphatic rings. The zero-order valence-corrected chi connectivity index (χ0v) is 14.7. The molecule has 0 unspecified atom stereocenters. The summed E-state index contributed by atoms with van der Waals surface area (Å²) >= 11 is 1.54. The molecule has 0 radical (unpaired) electrons. The van der Waals surface area contributed by atoms with E-state index in [0.717, 1.165) is 18.4 Å². The number of nitrogens with zero attached hydrogens (tertiary/aromatic N) is 2. The Morgan fingerprint density at radius 2 is 2.16 bits per heavy atom. The average Bonchev–Trinajstić information content (AvgIpc) is 3.27. The van der Waals surface area contributed by atoms with Crippen molar-refractivity contribution in [3.05, 3.63) is 57.6 Å². The topological polar surface area (TPSA) is 65.2 Å². The highest BCUT2D eigenvalue weighted by Gasteiger charge is 2.21. The van der Waals surface area contributed by atoms with Crippen molar-refractivity contribution in [2.75, 3.05) is 0 Å². The minimum Gasteiger partial charge on any atom is -0.451 e. The summed E-state index contributed by atoms with van der Waals surface area (Å²) in [5.74, 6) is 1.07. The minimum atomic E-state index is -0.327. The molecular formula is C19H18N2O3S. The van der Waals surface area contributed by atoms with Gasteiger partial charge >= 0.3 is 5.97 Å². The molecule has 2 aromatic heterocycles. The number of rotatable bonds is 4. The highest BCUT2D eigenvalue weighted by molar-refractivity contribution is 7.14. The van der Waals surface area contributed by atoms with Gasteiger partial charge in [0.2, 0.25) is 5.89 Å². The molecule has 0 spiro atoms. The van der Waals surface area contributed by atoms with Gasteiger partial charge in [0.25, 0.3) is 5.89 Å². The van der Waals surface area contributed by atoms with E-state index < -0.39 is 0 Å². The van der Waals surface area contributed by atoms with E-state index in [4.69, 9.17) is 9.15 Å². The molecule has 3 aromatic rings. The van der Waals surface area contributed by atoms with Gasteiger partial charge in [-0.05, 0) is 48.9 Å². The monoisotopic (exact) mass is 354 g/mol. The third-order valence-corrected chi connectivity index (χ3v) is 5.56. The molecule has 1 aliphatic carbocycles. The Bertz CT molecular complexity index is 885. The lowest BCUT2D eigenvalue weighted by atomic mass is 9.90. The number of esters is 1. The standard InChI is InChI=1S/C19H18N2O3S/c1-12-7-8-15-14(9-12)10-16(25-15)19(22)23-11-17-20-21-18(24-17)13-5-3-2-4-6-13/h2-6,10,12H,7-9,11H2,1H3/t12-/m0/s1. The van der Waals surface area contributed by atoms with E-state index >= 15 is 0 Å². The molecule has 0 amide bonds. The van der Waals surface area contributed by atoms with Crippen LogP contribution in [0.3, 0.4) is 0 Å². The largest absolute Gasteiger partial charge is 0.451 e. The van der Waals surface area contributed by atoms with E-state index in [1.807, 2.05) is 36.4 Å². The maximum atomic E-state index is 12.3. The first-order valence-corrected chi connectivity index (χ1v) is 9.17. The summed E-state index contributed by atoms with van der Waals surface area (Å²) in [6.45, 7) is 2.23. The molecule has 128 valence electrons. The Morgan fingerprint density at radius 3 is 3.00 bits per heavy atom. The Kier molecular flexibility index (Phi) is 4.36. The number of benzene rings is 1. The molecule has 4 rings (SSSR count). The number of carbonyl (C=O) groups is 1. The fourth-order valence-electron chi connectivity index (χ4n) is 3.01. The molecule has 0 saturated carbocycles. The summed E-state index contributed by atoms with van der Waals surface area (Å²) < 4.78 is 10.9. The summed E-state index contributed by atoms with van der Waals surface area (Å²) in [7, 11) is 0. The average molecular weight is 354 g/mol. The minimum absolute atomic E-state index is 0.0162. The zero-order valence-electron chi connectivity index (χ0n) is 13.9. The van der Waals surface area contributed by atoms with E-state index in [1.165, 1.54) is 16.9 Å². The number of hydrogen-bond acceptors (Lipinski definition) is 6. The Hall–Kier alpha value is -2.47. The Morgan fingerprint density at radius 1 is 1.32 bits per heavy atom. The van der Waals surface area contributed by atoms with Gasteiger partial charge in [0.15, 0.2) is 6.61 Å². The summed E-state index contributed by atoms with van der Waals surface area (Å²) in [5, 5.41) is 7.94. The zero-order chi connectivity index (χ0) is 17.2. The van der Waals surface area contributed by atoms with Crippen molar-refractivity contribution in [1.29, 1.82) is 0 Å². The lowest BCUT2D eigenvalue weighted by Gasteiger charge is -2.16. The first-order valence-electron chi connectivity index (χ1n) is 8.35. The van der Waals surface area contributed by atoms with Gasteiger partial charge in [-0.3, -0.25) is 0 Å². The SMILES string of the molecule is C[C@H]1CCc2sc(C(=O)OCc3nnc(-c4ccccc4)o3)cc2C1. The molecule has 0 fully saturated rings. The van der Waals surface area contributed by atoms with E-state index in [1.54, 1.807) is 11.3 Å². The molecule has 0 saturated heterocycles. The molecule has 2 heterocycles. The van der Waals surface area contributed by atoms with Gasteiger partial charge in [-0.25, -0.2) is 4.79 Å². The van der Waals surface area contributed by atoms with Crippen LogP contribution in [0.1, 0.15) is 39.3 Å². The fourth-order valence-corrected chi connectivity index (χ4v) is 4.12. The number of hydrogen-bond donors (Lipinski definition) is 0. The predicted molar refractivity (Wildman–Crippen MR) is 94.4 cm³/mol. The highest BCUT2D eigenvalue weighted by Crippen LogP contribution is 2.32. The normalized spacial score (nSPS) is 16.4. The van der Waals surface area contributed by atoms with E-state index in [2.05, 4.69) is 17.1 Å². The molecular weight excluding hydrogens is 336 g/mol. The molecule has 0 aliphatic heterocycles. The van der Waals surface area contributed by atoms with E-state index in [-0.39, 0.29) is 12.6 Å². The molecule has 0 N–H and O–H groups in total. The number of thiophene rings is 1. The van der Waals surface area contributed by atoms with Crippen LogP contribution in [0.4, 0.5) is 0 Å². The van der Waals surface area contributed by atoms with Crippen LogP contribution in [-0.2, 0) is 24.2 Å². The lowest BCUT2D eigenvalue weighted by Crippen LogP contribution is -2.08. The van der Waals surface area contributed by atoms with Crippen LogP contribution in [0.2, 0.25) is 0 Å². The van der Waals surface area contributed by atoms with Crippen LogP contribution in [-0.4, -0.2) is 16.2 Å². The molecule has 25 heavy (non-hydrogen) atoms. The second-order valence-electron chi connectivity index (χ2n) is 6.35. The number of fused-ring (bicyclic) bond motifs is 1. The third-order valence-electron chi connectivity index (χ3n) is 4.34. The maximum Gasteiger partial charge on any atom is 0.348 e. The summed E-state index contributed by atoms with van der Waals surface area (Å²) in [6.07, 6.45) is 3.29. The van der Waals surface area contributed by atoms with E-state index in [0.29, 0.717) is 22.6 Å². The van der Waals surface area contributed by atoms with Gasteiger partial charge in [0, 0.05) is 10.4 Å². The first-order chi connectivity index (χ1) is 12.2. The van der Waals surface area contributed by atoms with Gasteiger partial charge in [-0.1, -0.05) is 25.1 Å². The van der Waals surface area contributed by atoms with Crippen LogP contribution in [0.25, 0.3) is 11.5 Å². The van der Waals surface area contributed by atoms with Crippen LogP contribution < -0.4 is 0 Å². The van der Waals surface area contributed by atoms with Crippen molar-refractivity contribution in [3.8, 4) is 11.5 Å². The smallest absolute Gasteiger partial charge is 0.348 e. The van der Waals surface area contributed by atoms with Gasteiger partial charge in [0.1, 0.15) is 4.88 Å². The number of aromatic nitrogens is 2. The van der Waals surface area contributed by atoms with E-state index in [9.17, 15) is 4.79 Å². The number of carbonyl (C=O) groups excluding carboxylic acids is 1. The van der Waals surface area contributed by atoms with Crippen molar-refractivity contribution >= 4 is 17.3 Å².